The van der Waals surface area contributed by atoms with Gasteiger partial charge in [-0.3, -0.25) is 0 Å². The third-order valence-corrected chi connectivity index (χ3v) is 6.40. The Hall–Kier alpha value is -1.71. The molecule has 0 bridgehead atoms. The molecule has 0 amide bonds. The first-order valence-electron chi connectivity index (χ1n) is 9.37. The average molecular weight is 431 g/mol. The zero-order valence-electron chi connectivity index (χ0n) is 15.0. The largest absolute Gasteiger partial charge is 0.489 e. The van der Waals surface area contributed by atoms with Gasteiger partial charge in [-0.15, -0.1) is 0 Å². The monoisotopic (exact) mass is 429 g/mol. The molecule has 2 atom stereocenters. The molecule has 0 spiro atoms. The summed E-state index contributed by atoms with van der Waals surface area (Å²) in [5.74, 6) is 1.31. The van der Waals surface area contributed by atoms with Crippen molar-refractivity contribution in [3.63, 3.8) is 0 Å². The highest BCUT2D eigenvalue weighted by atomic mass is 35.5. The molecule has 2 aliphatic heterocycles. The van der Waals surface area contributed by atoms with Crippen molar-refractivity contribution >= 4 is 34.8 Å². The lowest BCUT2D eigenvalue weighted by Crippen LogP contribution is -2.37. The molecule has 0 aromatic heterocycles. The molecule has 0 unspecified atom stereocenters. The van der Waals surface area contributed by atoms with Gasteiger partial charge in [0, 0.05) is 34.2 Å². The Labute approximate surface area is 179 Å². The third kappa shape index (κ3) is 3.09. The van der Waals surface area contributed by atoms with E-state index in [4.69, 9.17) is 39.5 Å². The molecule has 5 rings (SSSR count). The molecule has 5 heteroatoms. The van der Waals surface area contributed by atoms with Crippen LogP contribution in [-0.2, 0) is 0 Å². The minimum absolute atomic E-state index is 0.213. The van der Waals surface area contributed by atoms with Crippen molar-refractivity contribution < 1.29 is 4.74 Å². The average Bonchev–Trinajstić information content (AvgIpc) is 3.06. The molecule has 2 nitrogen and oxygen atoms in total. The van der Waals surface area contributed by atoms with Gasteiger partial charge in [0.1, 0.15) is 11.9 Å². The summed E-state index contributed by atoms with van der Waals surface area (Å²) in [5, 5.41) is 5.13. The Kier molecular flexibility index (Phi) is 4.76. The van der Waals surface area contributed by atoms with Gasteiger partial charge in [0.2, 0.25) is 0 Å². The van der Waals surface area contributed by atoms with Gasteiger partial charge in [-0.25, -0.2) is 0 Å². The molecule has 1 fully saturated rings. The smallest absolute Gasteiger partial charge is 0.131 e. The highest BCUT2D eigenvalue weighted by Crippen LogP contribution is 2.49. The van der Waals surface area contributed by atoms with Gasteiger partial charge in [-0.2, -0.15) is 0 Å². The van der Waals surface area contributed by atoms with Gasteiger partial charge in [0.05, 0.1) is 10.0 Å². The van der Waals surface area contributed by atoms with Gasteiger partial charge in [0.15, 0.2) is 0 Å². The molecule has 0 aliphatic carbocycles. The van der Waals surface area contributed by atoms with E-state index in [1.807, 2.05) is 18.2 Å². The predicted molar refractivity (Wildman–Crippen MR) is 117 cm³/mol. The number of hydrogen-bond donors (Lipinski definition) is 1. The lowest BCUT2D eigenvalue weighted by atomic mass is 9.87. The quantitative estimate of drug-likeness (QED) is 0.481. The minimum Gasteiger partial charge on any atom is -0.489 e. The van der Waals surface area contributed by atoms with Crippen LogP contribution in [0.15, 0.2) is 54.6 Å². The van der Waals surface area contributed by atoms with E-state index in [1.165, 1.54) is 5.56 Å². The van der Waals surface area contributed by atoms with Gasteiger partial charge in [-0.1, -0.05) is 65.1 Å². The first kappa shape index (κ1) is 18.3. The molecule has 3 aromatic carbocycles. The fraction of sp³-hybridized carbons (Fsp3) is 0.217. The Morgan fingerprint density at radius 1 is 0.893 bits per heavy atom. The van der Waals surface area contributed by atoms with Crippen molar-refractivity contribution in [1.29, 1.82) is 0 Å². The van der Waals surface area contributed by atoms with Crippen LogP contribution in [0.2, 0.25) is 15.1 Å². The first-order valence-corrected chi connectivity index (χ1v) is 10.5. The van der Waals surface area contributed by atoms with Gasteiger partial charge >= 0.3 is 0 Å². The zero-order chi connectivity index (χ0) is 19.3. The summed E-state index contributed by atoms with van der Waals surface area (Å²) < 4.78 is 6.44. The second kappa shape index (κ2) is 7.27. The van der Waals surface area contributed by atoms with Crippen molar-refractivity contribution in [1.82, 2.24) is 5.32 Å². The summed E-state index contributed by atoms with van der Waals surface area (Å²) in [6.07, 6.45) is 1.22. The molecule has 0 radical (unpaired) electrons. The molecule has 1 saturated heterocycles. The number of halogens is 3. The van der Waals surface area contributed by atoms with Crippen molar-refractivity contribution in [3.05, 3.63) is 75.2 Å². The SMILES string of the molecule is Clc1cc(Cl)c(-c2cc(-c3ccccc3)c3c(c2)[C@@H]2CNCC[C@@H]2O3)c(Cl)c1. The van der Waals surface area contributed by atoms with Crippen molar-refractivity contribution in [3.8, 4) is 28.0 Å². The molecule has 142 valence electrons. The second-order valence-electron chi connectivity index (χ2n) is 7.31. The Morgan fingerprint density at radius 3 is 2.39 bits per heavy atom. The van der Waals surface area contributed by atoms with E-state index in [9.17, 15) is 0 Å². The zero-order valence-corrected chi connectivity index (χ0v) is 17.3. The van der Waals surface area contributed by atoms with Crippen LogP contribution in [0.1, 0.15) is 17.9 Å². The minimum atomic E-state index is 0.213. The van der Waals surface area contributed by atoms with E-state index >= 15 is 0 Å². The van der Waals surface area contributed by atoms with Crippen LogP contribution in [0.4, 0.5) is 0 Å². The maximum absolute atomic E-state index is 6.54. The van der Waals surface area contributed by atoms with Crippen LogP contribution in [0.25, 0.3) is 22.3 Å². The van der Waals surface area contributed by atoms with E-state index < -0.39 is 0 Å². The normalized spacial score (nSPS) is 20.4. The molecule has 28 heavy (non-hydrogen) atoms. The summed E-state index contributed by atoms with van der Waals surface area (Å²) in [6.45, 7) is 1.90. The van der Waals surface area contributed by atoms with Crippen LogP contribution in [0, 0.1) is 0 Å². The molecule has 2 heterocycles. The van der Waals surface area contributed by atoms with E-state index in [1.54, 1.807) is 12.1 Å². The Balaban J connectivity index is 1.75. The van der Waals surface area contributed by atoms with Crippen LogP contribution in [0.5, 0.6) is 5.75 Å². The lowest BCUT2D eigenvalue weighted by molar-refractivity contribution is 0.173. The van der Waals surface area contributed by atoms with Crippen molar-refractivity contribution in [2.24, 2.45) is 0 Å². The van der Waals surface area contributed by atoms with Gasteiger partial charge in [-0.05, 0) is 48.4 Å². The second-order valence-corrected chi connectivity index (χ2v) is 8.56. The molecule has 2 aliphatic rings. The predicted octanol–water partition coefficient (Wildman–Crippen LogP) is 6.82. The first-order chi connectivity index (χ1) is 13.6. The number of hydrogen-bond acceptors (Lipinski definition) is 2. The molecular weight excluding hydrogens is 413 g/mol. The fourth-order valence-corrected chi connectivity index (χ4v) is 5.33. The van der Waals surface area contributed by atoms with Crippen LogP contribution >= 0.6 is 34.8 Å². The summed E-state index contributed by atoms with van der Waals surface area (Å²) in [5.41, 5.74) is 5.20. The maximum Gasteiger partial charge on any atom is 0.131 e. The van der Waals surface area contributed by atoms with Crippen molar-refractivity contribution in [2.75, 3.05) is 13.1 Å². The maximum atomic E-state index is 6.54. The van der Waals surface area contributed by atoms with Crippen molar-refractivity contribution in [2.45, 2.75) is 18.4 Å². The summed E-state index contributed by atoms with van der Waals surface area (Å²) >= 11 is 19.2. The summed E-state index contributed by atoms with van der Waals surface area (Å²) in [4.78, 5) is 0. The fourth-order valence-electron chi connectivity index (χ4n) is 4.29. The number of ether oxygens (including phenoxy) is 1. The Bertz CT molecular complexity index is 1030. The summed E-state index contributed by atoms with van der Waals surface area (Å²) in [7, 11) is 0. The highest BCUT2D eigenvalue weighted by Gasteiger charge is 2.38. The van der Waals surface area contributed by atoms with Crippen LogP contribution in [0.3, 0.4) is 0 Å². The van der Waals surface area contributed by atoms with E-state index in [-0.39, 0.29) is 6.10 Å². The van der Waals surface area contributed by atoms with Crippen LogP contribution < -0.4 is 10.1 Å². The summed E-state index contributed by atoms with van der Waals surface area (Å²) in [6, 6.07) is 18.1. The molecular formula is C23H18Cl3NO. The van der Waals surface area contributed by atoms with Gasteiger partial charge < -0.3 is 10.1 Å². The topological polar surface area (TPSA) is 21.3 Å². The van der Waals surface area contributed by atoms with E-state index in [2.05, 4.69) is 29.6 Å². The number of benzene rings is 3. The molecule has 1 N–H and O–H groups in total. The number of fused-ring (bicyclic) bond motifs is 3. The van der Waals surface area contributed by atoms with Crippen LogP contribution in [-0.4, -0.2) is 19.2 Å². The lowest BCUT2D eigenvalue weighted by Gasteiger charge is -2.25. The standard InChI is InChI=1S/C23H18Cl3NO/c24-15-10-19(25)22(20(26)11-15)14-8-16(13-4-2-1-3-5-13)23-17(9-14)18-12-27-7-6-21(18)28-23/h1-5,8-11,18,21,27H,6-7,12H2/t18-,21-/m0/s1. The highest BCUT2D eigenvalue weighted by molar-refractivity contribution is 6.41. The molecule has 3 aromatic rings. The van der Waals surface area contributed by atoms with E-state index in [0.717, 1.165) is 47.5 Å². The third-order valence-electron chi connectivity index (χ3n) is 5.59. The molecule has 0 saturated carbocycles. The Morgan fingerprint density at radius 2 is 1.64 bits per heavy atom. The number of nitrogens with one attached hydrogen (secondary N) is 1. The number of piperidine rings is 1. The number of rotatable bonds is 2. The van der Waals surface area contributed by atoms with E-state index in [0.29, 0.717) is 21.0 Å². The van der Waals surface area contributed by atoms with Gasteiger partial charge in [0.25, 0.3) is 0 Å².